The molecule has 36 heavy (non-hydrogen) atoms. The van der Waals surface area contributed by atoms with Gasteiger partial charge in [0, 0.05) is 48.6 Å². The molecule has 5 N–H and O–H groups in total. The van der Waals surface area contributed by atoms with Crippen LogP contribution in [0, 0.1) is 6.92 Å². The fourth-order valence-electron chi connectivity index (χ4n) is 4.68. The summed E-state index contributed by atoms with van der Waals surface area (Å²) in [4.78, 5) is 28.8. The van der Waals surface area contributed by atoms with E-state index in [1.165, 1.54) is 12.1 Å². The van der Waals surface area contributed by atoms with Crippen LogP contribution in [-0.4, -0.2) is 58.2 Å². The maximum absolute atomic E-state index is 12.3. The molecular weight excluding hydrogens is 480 g/mol. The largest absolute Gasteiger partial charge is 0.506 e. The number of carbonyl (C=O) groups excluding carboxylic acids is 1. The van der Waals surface area contributed by atoms with Crippen LogP contribution in [0.15, 0.2) is 47.3 Å². The van der Waals surface area contributed by atoms with E-state index < -0.39 is 6.10 Å². The molecule has 1 aromatic heterocycles. The van der Waals surface area contributed by atoms with Crippen molar-refractivity contribution in [2.45, 2.75) is 44.9 Å². The lowest BCUT2D eigenvalue weighted by atomic mass is 10.0. The van der Waals surface area contributed by atoms with Crippen LogP contribution in [0.2, 0.25) is 5.02 Å². The quantitative estimate of drug-likeness (QED) is 0.301. The molecule has 4 rings (SSSR count). The maximum Gasteiger partial charge on any atom is 0.248 e. The first-order chi connectivity index (χ1) is 17.3. The average Bonchev–Trinajstić information content (AvgIpc) is 2.88. The van der Waals surface area contributed by atoms with Crippen LogP contribution in [-0.2, 0) is 11.3 Å². The highest BCUT2D eigenvalue weighted by molar-refractivity contribution is 6.31. The Morgan fingerprint density at radius 3 is 2.75 bits per heavy atom. The molecule has 0 saturated carbocycles. The number of fused-ring (bicyclic) bond motifs is 1. The van der Waals surface area contributed by atoms with Crippen molar-refractivity contribution < 1.29 is 15.0 Å². The lowest BCUT2D eigenvalue weighted by molar-refractivity contribution is -0.121. The fourth-order valence-corrected chi connectivity index (χ4v) is 4.88. The third kappa shape index (κ3) is 6.44. The number of halogens is 1. The number of likely N-dealkylation sites (tertiary alicyclic amines) is 1. The van der Waals surface area contributed by atoms with Gasteiger partial charge in [-0.3, -0.25) is 9.59 Å². The lowest BCUT2D eigenvalue weighted by Crippen LogP contribution is -2.44. The molecule has 0 aliphatic carbocycles. The van der Waals surface area contributed by atoms with E-state index in [0.717, 1.165) is 37.1 Å². The van der Waals surface area contributed by atoms with Crippen molar-refractivity contribution in [2.75, 3.05) is 26.2 Å². The van der Waals surface area contributed by atoms with Gasteiger partial charge in [0.25, 0.3) is 0 Å². The smallest absolute Gasteiger partial charge is 0.248 e. The summed E-state index contributed by atoms with van der Waals surface area (Å²) < 4.78 is 0. The molecule has 1 unspecified atom stereocenters. The minimum Gasteiger partial charge on any atom is -0.506 e. The van der Waals surface area contributed by atoms with Gasteiger partial charge < -0.3 is 30.7 Å². The summed E-state index contributed by atoms with van der Waals surface area (Å²) >= 11 is 6.15. The van der Waals surface area contributed by atoms with E-state index in [0.29, 0.717) is 47.5 Å². The van der Waals surface area contributed by atoms with Crippen molar-refractivity contribution in [3.63, 3.8) is 0 Å². The maximum atomic E-state index is 12.3. The average molecular weight is 513 g/mol. The number of nitrogens with zero attached hydrogens (tertiary/aromatic N) is 1. The number of H-pyrrole nitrogens is 1. The first-order valence-electron chi connectivity index (χ1n) is 12.3. The number of aliphatic hydroxyl groups is 1. The van der Waals surface area contributed by atoms with E-state index in [9.17, 15) is 19.8 Å². The predicted molar refractivity (Wildman–Crippen MR) is 141 cm³/mol. The number of carbonyl (C=O) groups is 1. The summed E-state index contributed by atoms with van der Waals surface area (Å²) in [5.41, 5.74) is 2.70. The van der Waals surface area contributed by atoms with Crippen LogP contribution < -0.4 is 16.2 Å². The number of aromatic amines is 1. The Kier molecular flexibility index (Phi) is 8.64. The number of aliphatic hydroxyl groups excluding tert-OH is 1. The van der Waals surface area contributed by atoms with Crippen molar-refractivity contribution in [2.24, 2.45) is 0 Å². The van der Waals surface area contributed by atoms with E-state index in [2.05, 4.69) is 20.5 Å². The number of phenols is 1. The zero-order valence-corrected chi connectivity index (χ0v) is 21.1. The number of aromatic nitrogens is 1. The molecular formula is C27H33ClN4O4. The van der Waals surface area contributed by atoms with E-state index >= 15 is 0 Å². The molecule has 0 radical (unpaired) electrons. The van der Waals surface area contributed by atoms with Crippen molar-refractivity contribution in [1.82, 2.24) is 20.5 Å². The van der Waals surface area contributed by atoms with Gasteiger partial charge in [-0.25, -0.2) is 0 Å². The first-order valence-corrected chi connectivity index (χ1v) is 12.7. The number of piperidine rings is 1. The molecule has 1 atom stereocenters. The molecule has 1 aliphatic heterocycles. The van der Waals surface area contributed by atoms with Gasteiger partial charge in [-0.05, 0) is 67.7 Å². The van der Waals surface area contributed by atoms with Gasteiger partial charge in [-0.15, -0.1) is 0 Å². The Labute approximate surface area is 215 Å². The van der Waals surface area contributed by atoms with Gasteiger partial charge in [0.1, 0.15) is 5.75 Å². The predicted octanol–water partition coefficient (Wildman–Crippen LogP) is 2.99. The topological polar surface area (TPSA) is 118 Å². The molecule has 192 valence electrons. The van der Waals surface area contributed by atoms with Crippen molar-refractivity contribution in [3.8, 4) is 5.75 Å². The zero-order valence-electron chi connectivity index (χ0n) is 20.4. The minimum atomic E-state index is -0.774. The number of rotatable bonds is 9. The van der Waals surface area contributed by atoms with Crippen molar-refractivity contribution >= 4 is 28.4 Å². The van der Waals surface area contributed by atoms with Crippen LogP contribution in [0.5, 0.6) is 5.75 Å². The van der Waals surface area contributed by atoms with Crippen LogP contribution in [0.25, 0.3) is 10.9 Å². The highest BCUT2D eigenvalue weighted by Crippen LogP contribution is 2.28. The normalized spacial score (nSPS) is 15.8. The number of phenolic OH excluding ortho intramolecular Hbond substituents is 1. The Hall–Kier alpha value is -2.91. The molecule has 1 amide bonds. The van der Waals surface area contributed by atoms with Crippen molar-refractivity contribution in [1.29, 1.82) is 0 Å². The number of amides is 1. The number of aromatic hydroxyl groups is 1. The van der Waals surface area contributed by atoms with Crippen LogP contribution in [0.3, 0.4) is 0 Å². The monoisotopic (exact) mass is 512 g/mol. The first kappa shape index (κ1) is 26.2. The lowest BCUT2D eigenvalue weighted by Gasteiger charge is -2.32. The van der Waals surface area contributed by atoms with Gasteiger partial charge >= 0.3 is 0 Å². The number of pyridine rings is 1. The van der Waals surface area contributed by atoms with Gasteiger partial charge in [-0.2, -0.15) is 0 Å². The molecule has 2 heterocycles. The molecule has 9 heteroatoms. The summed E-state index contributed by atoms with van der Waals surface area (Å²) in [5, 5.41) is 28.6. The summed E-state index contributed by atoms with van der Waals surface area (Å²) in [6.45, 7) is 5.29. The molecule has 1 fully saturated rings. The molecule has 8 nitrogen and oxygen atoms in total. The fraction of sp³-hybridized carbons (Fsp3) is 0.407. The Morgan fingerprint density at radius 2 is 1.97 bits per heavy atom. The van der Waals surface area contributed by atoms with Gasteiger partial charge in [0.2, 0.25) is 11.5 Å². The van der Waals surface area contributed by atoms with Crippen LogP contribution >= 0.6 is 11.6 Å². The third-order valence-electron chi connectivity index (χ3n) is 6.96. The highest BCUT2D eigenvalue weighted by Gasteiger charge is 2.21. The number of nitrogens with one attached hydrogen (secondary N) is 3. The molecule has 0 bridgehead atoms. The Balaban J connectivity index is 1.19. The van der Waals surface area contributed by atoms with Gasteiger partial charge in [0.15, 0.2) is 0 Å². The Bertz CT molecular complexity index is 1270. The minimum absolute atomic E-state index is 0.0211. The molecule has 1 saturated heterocycles. The Morgan fingerprint density at radius 1 is 1.19 bits per heavy atom. The molecule has 2 aromatic carbocycles. The number of hydrogen-bond acceptors (Lipinski definition) is 6. The van der Waals surface area contributed by atoms with Crippen LogP contribution in [0.1, 0.15) is 42.1 Å². The second-order valence-electron chi connectivity index (χ2n) is 9.38. The second kappa shape index (κ2) is 11.9. The highest BCUT2D eigenvalue weighted by atomic mass is 35.5. The SMILES string of the molecule is Cc1c(Cl)cccc1CNC(=O)CCN1CCC(NCC(O)c2ccc(O)c3[nH]c(=O)ccc23)CC1. The third-order valence-corrected chi connectivity index (χ3v) is 7.37. The van der Waals surface area contributed by atoms with E-state index in [1.807, 2.05) is 25.1 Å². The molecule has 3 aromatic rings. The van der Waals surface area contributed by atoms with Crippen molar-refractivity contribution in [3.05, 3.63) is 74.5 Å². The zero-order chi connectivity index (χ0) is 25.7. The van der Waals surface area contributed by atoms with E-state index in [4.69, 9.17) is 11.6 Å². The van der Waals surface area contributed by atoms with Gasteiger partial charge in [-0.1, -0.05) is 29.8 Å². The van der Waals surface area contributed by atoms with Gasteiger partial charge in [0.05, 0.1) is 11.6 Å². The number of hydrogen-bond donors (Lipinski definition) is 5. The second-order valence-corrected chi connectivity index (χ2v) is 9.78. The number of benzene rings is 2. The molecule has 1 aliphatic rings. The van der Waals surface area contributed by atoms with E-state index in [1.54, 1.807) is 12.1 Å². The summed E-state index contributed by atoms with van der Waals surface area (Å²) in [6.07, 6.45) is 1.54. The molecule has 0 spiro atoms. The summed E-state index contributed by atoms with van der Waals surface area (Å²) in [6, 6.07) is 12.2. The van der Waals surface area contributed by atoms with E-state index in [-0.39, 0.29) is 23.3 Å². The van der Waals surface area contributed by atoms with Crippen LogP contribution in [0.4, 0.5) is 0 Å². The summed E-state index contributed by atoms with van der Waals surface area (Å²) in [7, 11) is 0. The summed E-state index contributed by atoms with van der Waals surface area (Å²) in [5.74, 6) is 0.00690. The standard InChI is InChI=1S/C27H33ClN4O4/c1-17-18(3-2-4-22(17)28)15-30-25(35)11-14-32-12-9-19(10-13-32)29-16-24(34)20-5-7-23(33)27-21(20)6-8-26(36)31-27/h2-8,19,24,29,33-34H,9-16H2,1H3,(H,30,35)(H,31,36).